The maximum Gasteiger partial charge on any atom is 0.320 e. The fourth-order valence-corrected chi connectivity index (χ4v) is 5.41. The summed E-state index contributed by atoms with van der Waals surface area (Å²) in [5, 5.41) is -0.0590. The number of aromatic nitrogens is 2. The van der Waals surface area contributed by atoms with Gasteiger partial charge in [0.2, 0.25) is 5.91 Å². The average molecular weight is 575 g/mol. The molecule has 1 aromatic heterocycles. The van der Waals surface area contributed by atoms with E-state index in [9.17, 15) is 18.8 Å². The third-order valence-corrected chi connectivity index (χ3v) is 7.60. The first-order valence-electron chi connectivity index (χ1n) is 15.0. The second-order valence-corrected chi connectivity index (χ2v) is 11.9. The molecule has 41 heavy (non-hydrogen) atoms. The van der Waals surface area contributed by atoms with Gasteiger partial charge in [-0.15, -0.1) is 0 Å². The summed E-state index contributed by atoms with van der Waals surface area (Å²) >= 11 is 0. The van der Waals surface area contributed by atoms with Gasteiger partial charge >= 0.3 is 5.97 Å². The molecule has 2 fully saturated rings. The summed E-state index contributed by atoms with van der Waals surface area (Å²) < 4.78 is 26.1. The average Bonchev–Trinajstić information content (AvgIpc) is 2.91. The van der Waals surface area contributed by atoms with Gasteiger partial charge in [-0.05, 0) is 77.8 Å². The first kappa shape index (κ1) is 32.5. The van der Waals surface area contributed by atoms with Crippen LogP contribution in [-0.4, -0.2) is 76.6 Å². The number of carbonyl (C=O) groups excluding carboxylic acids is 2. The number of aryl methyl sites for hydroxylation is 1. The van der Waals surface area contributed by atoms with E-state index < -0.39 is 17.0 Å². The summed E-state index contributed by atoms with van der Waals surface area (Å²) in [5.41, 5.74) is -0.672. The summed E-state index contributed by atoms with van der Waals surface area (Å²) in [6.45, 7) is 15.0. The number of likely N-dealkylation sites (tertiary alicyclic amines) is 2. The molecule has 2 aliphatic heterocycles. The maximum absolute atomic E-state index is 14.8. The van der Waals surface area contributed by atoms with E-state index in [2.05, 4.69) is 14.9 Å². The quantitative estimate of drug-likeness (QED) is 0.455. The van der Waals surface area contributed by atoms with Crippen LogP contribution in [-0.2, 0) is 20.7 Å². The molecular weight excluding hydrogens is 527 g/mol. The predicted molar refractivity (Wildman–Crippen MR) is 157 cm³/mol. The van der Waals surface area contributed by atoms with Crippen molar-refractivity contribution in [2.75, 3.05) is 39.3 Å². The van der Waals surface area contributed by atoms with E-state index in [1.54, 1.807) is 13.0 Å². The molecule has 0 aliphatic carbocycles. The van der Waals surface area contributed by atoms with Crippen molar-refractivity contribution in [2.24, 2.45) is 11.8 Å². The van der Waals surface area contributed by atoms with E-state index >= 15 is 0 Å². The van der Waals surface area contributed by atoms with Gasteiger partial charge in [0.1, 0.15) is 28.4 Å². The number of ether oxygens (including phenoxy) is 2. The topological polar surface area (TPSA) is 105 Å². The second kappa shape index (κ2) is 14.8. The number of aromatic amines is 1. The van der Waals surface area contributed by atoms with Gasteiger partial charge in [-0.2, -0.15) is 0 Å². The standard InChI is InChI=1S/C29H41FN4O5.C2H6/c1-19(35)34-13-9-21(10-14-34)18-38-22-15-23(30)27-24(16-22)31-25(32-28(27)37)6-5-20-7-11-33(12-8-20)17-26(36)39-29(2,3)4;1-2/h15-16,20-21H,5-14,17-18H2,1-4H3,(H,31,32,37);1-2H3. The van der Waals surface area contributed by atoms with E-state index in [0.717, 1.165) is 45.2 Å². The van der Waals surface area contributed by atoms with Crippen molar-refractivity contribution in [3.8, 4) is 5.75 Å². The highest BCUT2D eigenvalue weighted by Gasteiger charge is 2.24. The molecule has 0 unspecified atom stereocenters. The molecule has 1 N–H and O–H groups in total. The number of nitrogens with zero attached hydrogens (tertiary/aromatic N) is 3. The molecule has 0 radical (unpaired) electrons. The normalized spacial score (nSPS) is 17.2. The van der Waals surface area contributed by atoms with Crippen molar-refractivity contribution in [3.63, 3.8) is 0 Å². The van der Waals surface area contributed by atoms with Crippen molar-refractivity contribution in [3.05, 3.63) is 34.1 Å². The van der Waals surface area contributed by atoms with Crippen LogP contribution in [0.4, 0.5) is 4.39 Å². The van der Waals surface area contributed by atoms with Crippen molar-refractivity contribution in [1.29, 1.82) is 0 Å². The number of carbonyl (C=O) groups is 2. The summed E-state index contributed by atoms with van der Waals surface area (Å²) in [6.07, 6.45) is 5.04. The number of benzene rings is 1. The van der Waals surface area contributed by atoms with Gasteiger partial charge in [0, 0.05) is 38.6 Å². The number of esters is 1. The Labute approximate surface area is 242 Å². The van der Waals surface area contributed by atoms with Gasteiger partial charge in [-0.25, -0.2) is 9.37 Å². The lowest BCUT2D eigenvalue weighted by molar-refractivity contribution is -0.156. The first-order valence-corrected chi connectivity index (χ1v) is 15.0. The highest BCUT2D eigenvalue weighted by atomic mass is 19.1. The predicted octanol–water partition coefficient (Wildman–Crippen LogP) is 4.71. The summed E-state index contributed by atoms with van der Waals surface area (Å²) in [5.74, 6) is 0.882. The van der Waals surface area contributed by atoms with E-state index in [1.807, 2.05) is 39.5 Å². The number of rotatable bonds is 8. The zero-order valence-electron chi connectivity index (χ0n) is 25.6. The Kier molecular flexibility index (Phi) is 11.7. The van der Waals surface area contributed by atoms with Crippen LogP contribution in [0.5, 0.6) is 5.75 Å². The molecule has 1 amide bonds. The lowest BCUT2D eigenvalue weighted by Crippen LogP contribution is -2.39. The number of fused-ring (bicyclic) bond motifs is 1. The molecular formula is C31H47FN4O5. The third kappa shape index (κ3) is 9.80. The van der Waals surface area contributed by atoms with Crippen LogP contribution in [0.2, 0.25) is 0 Å². The largest absolute Gasteiger partial charge is 0.493 e. The van der Waals surface area contributed by atoms with Crippen LogP contribution < -0.4 is 10.3 Å². The van der Waals surface area contributed by atoms with Crippen molar-refractivity contribution >= 4 is 22.8 Å². The minimum absolute atomic E-state index is 0.0590. The van der Waals surface area contributed by atoms with Crippen molar-refractivity contribution in [1.82, 2.24) is 19.8 Å². The molecule has 2 saturated heterocycles. The molecule has 2 aromatic rings. The number of amides is 1. The molecule has 9 nitrogen and oxygen atoms in total. The monoisotopic (exact) mass is 574 g/mol. The Morgan fingerprint density at radius 3 is 2.29 bits per heavy atom. The van der Waals surface area contributed by atoms with Crippen molar-refractivity contribution in [2.45, 2.75) is 85.7 Å². The minimum Gasteiger partial charge on any atom is -0.493 e. The molecule has 10 heteroatoms. The number of hydrogen-bond donors (Lipinski definition) is 1. The van der Waals surface area contributed by atoms with Crippen LogP contribution in [0.25, 0.3) is 10.9 Å². The number of halogens is 1. The molecule has 2 aliphatic rings. The lowest BCUT2D eigenvalue weighted by atomic mass is 9.92. The Bertz CT molecular complexity index is 1230. The van der Waals surface area contributed by atoms with E-state index in [-0.39, 0.29) is 23.2 Å². The first-order chi connectivity index (χ1) is 19.5. The Morgan fingerprint density at radius 2 is 1.68 bits per heavy atom. The van der Waals surface area contributed by atoms with Gasteiger partial charge in [-0.1, -0.05) is 13.8 Å². The molecule has 4 rings (SSSR count). The van der Waals surface area contributed by atoms with Gasteiger partial charge in [-0.3, -0.25) is 19.3 Å². The summed E-state index contributed by atoms with van der Waals surface area (Å²) in [6, 6.07) is 2.88. The summed E-state index contributed by atoms with van der Waals surface area (Å²) in [4.78, 5) is 47.6. The van der Waals surface area contributed by atoms with Gasteiger partial charge in [0.05, 0.1) is 18.7 Å². The number of nitrogens with one attached hydrogen (secondary N) is 1. The van der Waals surface area contributed by atoms with E-state index in [4.69, 9.17) is 9.47 Å². The van der Waals surface area contributed by atoms with Crippen LogP contribution in [0.15, 0.2) is 16.9 Å². The molecule has 0 spiro atoms. The maximum atomic E-state index is 14.8. The van der Waals surface area contributed by atoms with Crippen LogP contribution in [0.1, 0.15) is 79.5 Å². The molecule has 228 valence electrons. The molecule has 0 saturated carbocycles. The van der Waals surface area contributed by atoms with Crippen molar-refractivity contribution < 1.29 is 23.5 Å². The highest BCUT2D eigenvalue weighted by Crippen LogP contribution is 2.25. The number of piperidine rings is 2. The molecule has 0 atom stereocenters. The Hall–Kier alpha value is -3.01. The third-order valence-electron chi connectivity index (χ3n) is 7.60. The highest BCUT2D eigenvalue weighted by molar-refractivity contribution is 5.79. The molecule has 3 heterocycles. The Morgan fingerprint density at radius 1 is 1.05 bits per heavy atom. The summed E-state index contributed by atoms with van der Waals surface area (Å²) in [7, 11) is 0. The molecule has 1 aromatic carbocycles. The fourth-order valence-electron chi connectivity index (χ4n) is 5.41. The molecule has 0 bridgehead atoms. The minimum atomic E-state index is -0.647. The fraction of sp³-hybridized carbons (Fsp3) is 0.677. The van der Waals surface area contributed by atoms with Crippen LogP contribution >= 0.6 is 0 Å². The van der Waals surface area contributed by atoms with Crippen LogP contribution in [0, 0.1) is 17.7 Å². The second-order valence-electron chi connectivity index (χ2n) is 11.9. The number of hydrogen-bond acceptors (Lipinski definition) is 7. The SMILES string of the molecule is CC.CC(=O)N1CCC(COc2cc(F)c3c(=O)[nH]c(CCC4CCN(CC(=O)OC(C)(C)C)CC4)nc3c2)CC1. The van der Waals surface area contributed by atoms with Gasteiger partial charge < -0.3 is 19.4 Å². The van der Waals surface area contributed by atoms with Gasteiger partial charge in [0.25, 0.3) is 5.56 Å². The smallest absolute Gasteiger partial charge is 0.320 e. The van der Waals surface area contributed by atoms with E-state index in [0.29, 0.717) is 55.7 Å². The lowest BCUT2D eigenvalue weighted by Gasteiger charge is -2.32. The zero-order valence-corrected chi connectivity index (χ0v) is 25.6. The Balaban J connectivity index is 0.00000226. The van der Waals surface area contributed by atoms with Crippen LogP contribution in [0.3, 0.4) is 0 Å². The number of H-pyrrole nitrogens is 1. The van der Waals surface area contributed by atoms with E-state index in [1.165, 1.54) is 6.07 Å². The zero-order chi connectivity index (χ0) is 30.2. The van der Waals surface area contributed by atoms with Gasteiger partial charge in [0.15, 0.2) is 0 Å².